The number of hydrogen-bond donors (Lipinski definition) is 3. The molecular formula is C24H33FN3O9P. The Morgan fingerprint density at radius 2 is 1.89 bits per heavy atom. The predicted molar refractivity (Wildman–Crippen MR) is 134 cm³/mol. The van der Waals surface area contributed by atoms with Crippen molar-refractivity contribution in [2.45, 2.75) is 65.0 Å². The number of carbonyl (C=O) groups is 1. The maximum absolute atomic E-state index is 15.9. The van der Waals surface area contributed by atoms with Crippen LogP contribution in [0.4, 0.5) is 4.39 Å². The number of benzene rings is 1. The Hall–Kier alpha value is -2.83. The molecule has 3 N–H and O–H groups in total. The van der Waals surface area contributed by atoms with Crippen LogP contribution in [0, 0.1) is 5.41 Å². The summed E-state index contributed by atoms with van der Waals surface area (Å²) in [7, 11) is -3.99. The van der Waals surface area contributed by atoms with Crippen LogP contribution in [0.2, 0.25) is 0 Å². The number of nitrogens with one attached hydrogen (secondary N) is 2. The monoisotopic (exact) mass is 557 g/mol. The Balaban J connectivity index is 1.77. The van der Waals surface area contributed by atoms with E-state index in [0.717, 1.165) is 16.8 Å². The lowest BCUT2D eigenvalue weighted by atomic mass is 9.84. The van der Waals surface area contributed by atoms with Gasteiger partial charge in [-0.1, -0.05) is 32.0 Å². The van der Waals surface area contributed by atoms with Crippen LogP contribution in [0.25, 0.3) is 0 Å². The van der Waals surface area contributed by atoms with Gasteiger partial charge in [0.2, 0.25) is 0 Å². The number of esters is 1. The Labute approximate surface area is 218 Å². The lowest BCUT2D eigenvalue weighted by molar-refractivity contribution is -0.213. The number of rotatable bonds is 11. The van der Waals surface area contributed by atoms with Gasteiger partial charge in [-0.2, -0.15) is 0 Å². The molecule has 0 saturated carbocycles. The number of aromatic amines is 1. The summed E-state index contributed by atoms with van der Waals surface area (Å²) in [6.45, 7) is 6.83. The second kappa shape index (κ2) is 11.5. The third-order valence-corrected chi connectivity index (χ3v) is 7.62. The summed E-state index contributed by atoms with van der Waals surface area (Å²) in [6, 6.07) is 8.12. The third-order valence-electron chi connectivity index (χ3n) is 5.81. The fourth-order valence-corrected chi connectivity index (χ4v) is 5.63. The smallest absolute Gasteiger partial charge is 0.342 e. The van der Waals surface area contributed by atoms with Crippen LogP contribution in [0.1, 0.15) is 40.8 Å². The predicted octanol–water partition coefficient (Wildman–Crippen LogP) is 2.29. The number of ether oxygens (including phenoxy) is 3. The van der Waals surface area contributed by atoms with Gasteiger partial charge in [0.15, 0.2) is 0 Å². The zero-order valence-electron chi connectivity index (χ0n) is 21.8. The van der Waals surface area contributed by atoms with Crippen LogP contribution in [0.15, 0.2) is 52.2 Å². The molecule has 38 heavy (non-hydrogen) atoms. The van der Waals surface area contributed by atoms with Crippen molar-refractivity contribution in [2.24, 2.45) is 5.41 Å². The molecule has 210 valence electrons. The lowest BCUT2D eigenvalue weighted by Crippen LogP contribution is -2.45. The van der Waals surface area contributed by atoms with E-state index in [0.29, 0.717) is 0 Å². The van der Waals surface area contributed by atoms with E-state index in [9.17, 15) is 24.1 Å². The number of carbonyl (C=O) groups excluding carboxylic acids is 1. The number of aromatic nitrogens is 2. The van der Waals surface area contributed by atoms with Gasteiger partial charge in [-0.05, 0) is 32.9 Å². The molecule has 2 heterocycles. The normalized spacial score (nSPS) is 25.1. The van der Waals surface area contributed by atoms with Gasteiger partial charge in [-0.3, -0.25) is 23.7 Å². The van der Waals surface area contributed by atoms with Gasteiger partial charge < -0.3 is 23.8 Å². The highest BCUT2D eigenvalue weighted by Crippen LogP contribution is 2.51. The largest absolute Gasteiger partial charge is 0.462 e. The summed E-state index contributed by atoms with van der Waals surface area (Å²) in [6.07, 6.45) is -3.05. The van der Waals surface area contributed by atoms with Crippen LogP contribution in [-0.2, 0) is 23.6 Å². The van der Waals surface area contributed by atoms with E-state index in [1.54, 1.807) is 44.2 Å². The molecule has 1 fully saturated rings. The molecule has 0 amide bonds. The van der Waals surface area contributed by atoms with Gasteiger partial charge in [0.05, 0.1) is 6.10 Å². The molecule has 5 atom stereocenters. The van der Waals surface area contributed by atoms with Crippen LogP contribution < -0.4 is 20.9 Å². The first-order valence-electron chi connectivity index (χ1n) is 11.9. The minimum atomic E-state index is -3.99. The number of H-pyrrole nitrogens is 1. The molecule has 14 heteroatoms. The highest BCUT2D eigenvalue weighted by atomic mass is 31.2. The first-order chi connectivity index (χ1) is 17.7. The zero-order chi connectivity index (χ0) is 28.3. The van der Waals surface area contributed by atoms with E-state index in [4.69, 9.17) is 18.7 Å². The molecule has 0 unspecified atom stereocenters. The quantitative estimate of drug-likeness (QED) is 0.277. The molecule has 0 radical (unpaired) electrons. The van der Waals surface area contributed by atoms with Crippen molar-refractivity contribution in [3.63, 3.8) is 0 Å². The lowest BCUT2D eigenvalue weighted by Gasteiger charge is -2.29. The van der Waals surface area contributed by atoms with Crippen molar-refractivity contribution >= 4 is 13.5 Å². The van der Waals surface area contributed by atoms with Gasteiger partial charge in [-0.25, -0.2) is 14.3 Å². The topological polar surface area (TPSA) is 158 Å². The van der Waals surface area contributed by atoms with Crippen molar-refractivity contribution in [3.05, 3.63) is 63.4 Å². The second-order valence-electron chi connectivity index (χ2n) is 9.89. The molecule has 1 aliphatic heterocycles. The second-order valence-corrected chi connectivity index (χ2v) is 11.9. The van der Waals surface area contributed by atoms with Crippen molar-refractivity contribution in [3.8, 4) is 5.75 Å². The van der Waals surface area contributed by atoms with Crippen LogP contribution in [-0.4, -0.2) is 57.7 Å². The number of aliphatic hydroxyl groups excluding tert-OH is 1. The summed E-state index contributed by atoms with van der Waals surface area (Å²) < 4.78 is 52.1. The molecule has 1 aromatic heterocycles. The van der Waals surface area contributed by atoms with Crippen molar-refractivity contribution in [1.29, 1.82) is 0 Å². The van der Waals surface area contributed by atoms with Crippen molar-refractivity contribution in [2.75, 3.05) is 13.0 Å². The Morgan fingerprint density at radius 3 is 2.50 bits per heavy atom. The molecule has 0 aliphatic carbocycles. The molecule has 2 aromatic rings. The van der Waals surface area contributed by atoms with Gasteiger partial charge in [0.1, 0.15) is 37.1 Å². The summed E-state index contributed by atoms with van der Waals surface area (Å²) in [5.74, 6) is -3.28. The van der Waals surface area contributed by atoms with E-state index in [-0.39, 0.29) is 5.75 Å². The van der Waals surface area contributed by atoms with Crippen LogP contribution in [0.3, 0.4) is 0 Å². The van der Waals surface area contributed by atoms with Crippen molar-refractivity contribution < 1.29 is 37.6 Å². The third kappa shape index (κ3) is 6.78. The van der Waals surface area contributed by atoms with Gasteiger partial charge in [0, 0.05) is 17.7 Å². The number of aliphatic hydroxyl groups is 1. The molecule has 0 spiro atoms. The van der Waals surface area contributed by atoms with Gasteiger partial charge in [0.25, 0.3) is 11.4 Å². The minimum Gasteiger partial charge on any atom is -0.462 e. The molecule has 0 bridgehead atoms. The van der Waals surface area contributed by atoms with Crippen molar-refractivity contribution in [1.82, 2.24) is 14.6 Å². The molecule has 1 saturated heterocycles. The fraction of sp³-hybridized carbons (Fsp3) is 0.542. The number of halogens is 1. The standard InChI is InChI=1S/C24H33FN3O9P/c1-15(2)35-19(30)16(3)27-38(33,37-17-9-7-6-8-10-17)14-34-13-24(25)20(31)23(4,5)21(36-24)28-12-11-18(29)26-22(28)32/h6-12,15-16,20-21,31H,13-14H2,1-5H3,(H,27,33)(H,26,29,32)/t16-,20-,21-,24+,38+/m0/s1. The number of para-hydroxylation sites is 1. The molecule has 1 aromatic carbocycles. The van der Waals surface area contributed by atoms with Crippen LogP contribution >= 0.6 is 7.52 Å². The fourth-order valence-electron chi connectivity index (χ4n) is 3.96. The maximum atomic E-state index is 15.9. The maximum Gasteiger partial charge on any atom is 0.342 e. The summed E-state index contributed by atoms with van der Waals surface area (Å²) in [5.41, 5.74) is -2.83. The first-order valence-corrected chi connectivity index (χ1v) is 13.7. The highest BCUT2D eigenvalue weighted by Gasteiger charge is 2.61. The Bertz CT molecular complexity index is 1280. The average Bonchev–Trinajstić information content (AvgIpc) is 2.99. The molecular weight excluding hydrogens is 524 g/mol. The Morgan fingerprint density at radius 1 is 1.24 bits per heavy atom. The van der Waals surface area contributed by atoms with E-state index < -0.39 is 73.4 Å². The zero-order valence-corrected chi connectivity index (χ0v) is 22.6. The van der Waals surface area contributed by atoms with E-state index in [1.807, 2.05) is 0 Å². The molecule has 3 rings (SSSR count). The number of hydrogen-bond acceptors (Lipinski definition) is 9. The van der Waals surface area contributed by atoms with Gasteiger partial charge >= 0.3 is 19.2 Å². The number of nitrogens with zero attached hydrogens (tertiary/aromatic N) is 1. The Kier molecular flexibility index (Phi) is 9.00. The SMILES string of the molecule is CC(C)OC(=O)[C@H](C)N[P@@](=O)(COC[C@@]1(F)O[C@H](n2ccc(=O)[nH]c2=O)C(C)(C)[C@@H]1O)Oc1ccccc1. The average molecular weight is 558 g/mol. The van der Waals surface area contributed by atoms with E-state index >= 15 is 4.39 Å². The summed E-state index contributed by atoms with van der Waals surface area (Å²) in [4.78, 5) is 38.0. The molecule has 1 aliphatic rings. The molecule has 12 nitrogen and oxygen atoms in total. The number of alkyl halides is 1. The summed E-state index contributed by atoms with van der Waals surface area (Å²) >= 11 is 0. The summed E-state index contributed by atoms with van der Waals surface area (Å²) in [5, 5.41) is 13.4. The minimum absolute atomic E-state index is 0.210. The van der Waals surface area contributed by atoms with E-state index in [1.165, 1.54) is 20.8 Å². The van der Waals surface area contributed by atoms with E-state index in [2.05, 4.69) is 10.1 Å². The highest BCUT2D eigenvalue weighted by molar-refractivity contribution is 7.57. The van der Waals surface area contributed by atoms with Crippen LogP contribution in [0.5, 0.6) is 5.75 Å². The van der Waals surface area contributed by atoms with Gasteiger partial charge in [-0.15, -0.1) is 0 Å². The first kappa shape index (κ1) is 29.7.